The molecular weight excluding hydrogens is 277 g/mol. The smallest absolute Gasteiger partial charge is 0.405 e. The zero-order valence-corrected chi connectivity index (χ0v) is 8.69. The summed E-state index contributed by atoms with van der Waals surface area (Å²) in [5.74, 6) is -0.356. The molecular formula is C8H4BrF3N2O. The molecule has 0 saturated heterocycles. The highest BCUT2D eigenvalue weighted by molar-refractivity contribution is 9.10. The molecule has 1 aromatic rings. The van der Waals surface area contributed by atoms with Gasteiger partial charge in [-0.2, -0.15) is 5.26 Å². The van der Waals surface area contributed by atoms with E-state index in [0.717, 1.165) is 6.07 Å². The maximum atomic E-state index is 11.9. The van der Waals surface area contributed by atoms with Gasteiger partial charge in [-0.25, -0.2) is 0 Å². The minimum absolute atomic E-state index is 0.111. The molecule has 1 rings (SSSR count). The van der Waals surface area contributed by atoms with Crippen LogP contribution < -0.4 is 10.1 Å². The summed E-state index contributed by atoms with van der Waals surface area (Å²) in [7, 11) is 0. The Morgan fingerprint density at radius 2 is 2.07 bits per heavy atom. The van der Waals surface area contributed by atoms with Gasteiger partial charge in [0.25, 0.3) is 0 Å². The van der Waals surface area contributed by atoms with E-state index in [9.17, 15) is 13.2 Å². The molecule has 7 heteroatoms. The lowest BCUT2D eigenvalue weighted by Crippen LogP contribution is -2.17. The van der Waals surface area contributed by atoms with Crippen molar-refractivity contribution in [2.45, 2.75) is 6.36 Å². The molecule has 0 saturated carbocycles. The fraction of sp³-hybridized carbons (Fsp3) is 0.125. The number of anilines is 1. The normalized spacial score (nSPS) is 10.6. The van der Waals surface area contributed by atoms with E-state index in [1.807, 2.05) is 0 Å². The van der Waals surface area contributed by atoms with Gasteiger partial charge in [0.1, 0.15) is 5.75 Å². The quantitative estimate of drug-likeness (QED) is 0.668. The Kier molecular flexibility index (Phi) is 3.42. The summed E-state index contributed by atoms with van der Waals surface area (Å²) in [5, 5.41) is 10.6. The van der Waals surface area contributed by atoms with Crippen molar-refractivity contribution in [3.63, 3.8) is 0 Å². The third kappa shape index (κ3) is 3.67. The molecule has 0 unspecified atom stereocenters. The van der Waals surface area contributed by atoms with E-state index in [-0.39, 0.29) is 10.2 Å². The summed E-state index contributed by atoms with van der Waals surface area (Å²) in [4.78, 5) is 0. The second kappa shape index (κ2) is 4.40. The van der Waals surface area contributed by atoms with Crippen LogP contribution in [0.5, 0.6) is 5.75 Å². The van der Waals surface area contributed by atoms with Crippen LogP contribution in [0.1, 0.15) is 0 Å². The molecule has 0 aromatic heterocycles. The van der Waals surface area contributed by atoms with Crippen LogP contribution in [0, 0.1) is 11.5 Å². The molecule has 0 amide bonds. The number of rotatable bonds is 2. The lowest BCUT2D eigenvalue weighted by atomic mass is 10.3. The summed E-state index contributed by atoms with van der Waals surface area (Å²) < 4.78 is 39.4. The first kappa shape index (κ1) is 11.7. The second-order valence-electron chi connectivity index (χ2n) is 2.43. The van der Waals surface area contributed by atoms with Crippen molar-refractivity contribution in [2.24, 2.45) is 0 Å². The van der Waals surface area contributed by atoms with Crippen LogP contribution in [0.2, 0.25) is 0 Å². The fourth-order valence-corrected chi connectivity index (χ4v) is 1.31. The molecule has 0 spiro atoms. The molecule has 1 aromatic carbocycles. The predicted octanol–water partition coefficient (Wildman–Crippen LogP) is 3.24. The van der Waals surface area contributed by atoms with Gasteiger partial charge in [-0.05, 0) is 34.1 Å². The van der Waals surface area contributed by atoms with Gasteiger partial charge in [-0.3, -0.25) is 5.32 Å². The molecule has 0 aliphatic rings. The Bertz CT molecular complexity index is 400. The Morgan fingerprint density at radius 3 is 2.53 bits per heavy atom. The molecule has 3 nitrogen and oxygen atoms in total. The third-order valence-electron chi connectivity index (χ3n) is 1.36. The number of alkyl halides is 3. The number of ether oxygens (including phenoxy) is 1. The molecule has 0 fully saturated rings. The van der Waals surface area contributed by atoms with Gasteiger partial charge >= 0.3 is 6.36 Å². The molecule has 0 atom stereocenters. The average Bonchev–Trinajstić information content (AvgIpc) is 2.08. The number of benzene rings is 1. The Labute approximate surface area is 91.6 Å². The number of halogens is 4. The summed E-state index contributed by atoms with van der Waals surface area (Å²) >= 11 is 2.90. The molecule has 0 bridgehead atoms. The van der Waals surface area contributed by atoms with Gasteiger partial charge in [0, 0.05) is 5.69 Å². The molecule has 0 aliphatic heterocycles. The van der Waals surface area contributed by atoms with E-state index in [1.54, 1.807) is 6.19 Å². The van der Waals surface area contributed by atoms with Crippen molar-refractivity contribution < 1.29 is 17.9 Å². The minimum Gasteiger partial charge on any atom is -0.405 e. The maximum absolute atomic E-state index is 11.9. The SMILES string of the molecule is N#CNc1ccc(OC(F)(F)F)c(Br)c1. The van der Waals surface area contributed by atoms with Crippen LogP contribution in [-0.2, 0) is 0 Å². The van der Waals surface area contributed by atoms with Crippen molar-refractivity contribution >= 4 is 21.6 Å². The molecule has 0 aliphatic carbocycles. The first-order valence-electron chi connectivity index (χ1n) is 3.63. The number of hydrogen-bond acceptors (Lipinski definition) is 3. The lowest BCUT2D eigenvalue weighted by molar-refractivity contribution is -0.274. The van der Waals surface area contributed by atoms with E-state index < -0.39 is 6.36 Å². The van der Waals surface area contributed by atoms with Crippen LogP contribution in [0.15, 0.2) is 22.7 Å². The van der Waals surface area contributed by atoms with E-state index in [1.165, 1.54) is 12.1 Å². The highest BCUT2D eigenvalue weighted by Crippen LogP contribution is 2.32. The second-order valence-corrected chi connectivity index (χ2v) is 3.28. The standard InChI is InChI=1S/C8H4BrF3N2O/c9-6-3-5(14-4-13)1-2-7(6)15-8(10,11)12/h1-3,14H. The predicted molar refractivity (Wildman–Crippen MR) is 50.1 cm³/mol. The van der Waals surface area contributed by atoms with Gasteiger partial charge in [-0.15, -0.1) is 13.2 Å². The fourth-order valence-electron chi connectivity index (χ4n) is 0.851. The van der Waals surface area contributed by atoms with Crippen LogP contribution in [0.25, 0.3) is 0 Å². The Morgan fingerprint density at radius 1 is 1.40 bits per heavy atom. The van der Waals surface area contributed by atoms with Crippen LogP contribution in [0.4, 0.5) is 18.9 Å². The zero-order chi connectivity index (χ0) is 11.5. The maximum Gasteiger partial charge on any atom is 0.573 e. The van der Waals surface area contributed by atoms with Gasteiger partial charge in [0.15, 0.2) is 6.19 Å². The van der Waals surface area contributed by atoms with Crippen LogP contribution >= 0.6 is 15.9 Å². The molecule has 0 heterocycles. The van der Waals surface area contributed by atoms with E-state index in [2.05, 4.69) is 26.0 Å². The highest BCUT2D eigenvalue weighted by atomic mass is 79.9. The number of hydrogen-bond donors (Lipinski definition) is 1. The van der Waals surface area contributed by atoms with Crippen molar-refractivity contribution in [3.8, 4) is 11.9 Å². The van der Waals surface area contributed by atoms with Crippen LogP contribution in [-0.4, -0.2) is 6.36 Å². The molecule has 1 N–H and O–H groups in total. The van der Waals surface area contributed by atoms with E-state index >= 15 is 0 Å². The molecule has 80 valence electrons. The number of nitriles is 1. The van der Waals surface area contributed by atoms with Gasteiger partial charge < -0.3 is 4.74 Å². The van der Waals surface area contributed by atoms with Gasteiger partial charge in [0.05, 0.1) is 4.47 Å². The van der Waals surface area contributed by atoms with E-state index in [4.69, 9.17) is 5.26 Å². The summed E-state index contributed by atoms with van der Waals surface area (Å²) in [6.45, 7) is 0. The number of nitrogens with one attached hydrogen (secondary N) is 1. The lowest BCUT2D eigenvalue weighted by Gasteiger charge is -2.10. The Hall–Kier alpha value is -1.42. The van der Waals surface area contributed by atoms with Gasteiger partial charge in [0.2, 0.25) is 0 Å². The van der Waals surface area contributed by atoms with Crippen molar-refractivity contribution in [3.05, 3.63) is 22.7 Å². The summed E-state index contributed by atoms with van der Waals surface area (Å²) in [6, 6.07) is 3.72. The number of nitrogens with zero attached hydrogens (tertiary/aromatic N) is 1. The summed E-state index contributed by atoms with van der Waals surface area (Å²) in [5.41, 5.74) is 0.374. The van der Waals surface area contributed by atoms with Crippen molar-refractivity contribution in [1.29, 1.82) is 5.26 Å². The molecule has 0 radical (unpaired) electrons. The molecule has 15 heavy (non-hydrogen) atoms. The first-order chi connectivity index (χ1) is 6.92. The Balaban J connectivity index is 2.89. The zero-order valence-electron chi connectivity index (χ0n) is 7.10. The average molecular weight is 281 g/mol. The minimum atomic E-state index is -4.73. The largest absolute Gasteiger partial charge is 0.573 e. The van der Waals surface area contributed by atoms with Crippen LogP contribution in [0.3, 0.4) is 0 Å². The van der Waals surface area contributed by atoms with Crippen molar-refractivity contribution in [2.75, 3.05) is 5.32 Å². The highest BCUT2D eigenvalue weighted by Gasteiger charge is 2.31. The van der Waals surface area contributed by atoms with Gasteiger partial charge in [-0.1, -0.05) is 0 Å². The summed E-state index contributed by atoms with van der Waals surface area (Å²) in [6.07, 6.45) is -3.08. The van der Waals surface area contributed by atoms with Crippen molar-refractivity contribution in [1.82, 2.24) is 0 Å². The first-order valence-corrected chi connectivity index (χ1v) is 4.42. The topological polar surface area (TPSA) is 45.0 Å². The monoisotopic (exact) mass is 280 g/mol. The van der Waals surface area contributed by atoms with E-state index in [0.29, 0.717) is 5.69 Å². The third-order valence-corrected chi connectivity index (χ3v) is 1.98.